The lowest BCUT2D eigenvalue weighted by atomic mass is 10.3. The molecular weight excluding hydrogens is 454 g/mol. The number of pyridine rings is 1. The summed E-state index contributed by atoms with van der Waals surface area (Å²) in [5, 5.41) is 0.462. The van der Waals surface area contributed by atoms with E-state index in [0.717, 1.165) is 10.5 Å². The van der Waals surface area contributed by atoms with E-state index in [1.165, 1.54) is 46.5 Å². The van der Waals surface area contributed by atoms with Gasteiger partial charge in [0.2, 0.25) is 0 Å². The third kappa shape index (κ3) is 4.92. The van der Waals surface area contributed by atoms with Gasteiger partial charge in [-0.25, -0.2) is 13.4 Å². The fourth-order valence-electron chi connectivity index (χ4n) is 2.98. The number of anilines is 1. The molecule has 0 bridgehead atoms. The maximum absolute atomic E-state index is 12.7. The molecule has 0 unspecified atom stereocenters. The highest BCUT2D eigenvalue weighted by Crippen LogP contribution is 2.31. The number of sulfonamides is 1. The van der Waals surface area contributed by atoms with E-state index in [-0.39, 0.29) is 10.5 Å². The van der Waals surface area contributed by atoms with Crippen LogP contribution in [0.5, 0.6) is 0 Å². The predicted octanol–water partition coefficient (Wildman–Crippen LogP) is 4.75. The van der Waals surface area contributed by atoms with Crippen molar-refractivity contribution in [3.8, 4) is 0 Å². The van der Waals surface area contributed by atoms with Crippen molar-refractivity contribution in [1.82, 2.24) is 9.38 Å². The molecule has 0 radical (unpaired) electrons. The van der Waals surface area contributed by atoms with Gasteiger partial charge in [-0.15, -0.1) is 11.8 Å². The van der Waals surface area contributed by atoms with Crippen LogP contribution in [0.25, 0.3) is 5.65 Å². The normalized spacial score (nSPS) is 11.5. The van der Waals surface area contributed by atoms with Crippen molar-refractivity contribution in [2.75, 3.05) is 4.72 Å². The van der Waals surface area contributed by atoms with Crippen LogP contribution in [0.1, 0.15) is 11.3 Å². The average molecular weight is 472 g/mol. The zero-order valence-corrected chi connectivity index (χ0v) is 18.8. The van der Waals surface area contributed by atoms with Crippen LogP contribution in [0.4, 0.5) is 5.69 Å². The number of para-hydroxylation sites is 1. The molecule has 158 valence electrons. The second-order valence-corrected chi connectivity index (χ2v) is 10.0. The SMILES string of the molecule is Cc1ccc2nc(CSc3ccccc3NS(=O)(=O)c3ccc(Cl)cc3)cc(=O)n2c1. The number of hydrogen-bond acceptors (Lipinski definition) is 5. The summed E-state index contributed by atoms with van der Waals surface area (Å²) >= 11 is 7.25. The Kier molecular flexibility index (Phi) is 6.04. The molecule has 2 heterocycles. The maximum Gasteiger partial charge on any atom is 0.261 e. The number of nitrogens with one attached hydrogen (secondary N) is 1. The van der Waals surface area contributed by atoms with Crippen LogP contribution in [-0.2, 0) is 15.8 Å². The minimum Gasteiger partial charge on any atom is -0.278 e. The van der Waals surface area contributed by atoms with Crippen molar-refractivity contribution in [2.45, 2.75) is 22.5 Å². The maximum atomic E-state index is 12.7. The molecule has 6 nitrogen and oxygen atoms in total. The Morgan fingerprint density at radius 2 is 1.81 bits per heavy atom. The van der Waals surface area contributed by atoms with Gasteiger partial charge in [-0.2, -0.15) is 0 Å². The van der Waals surface area contributed by atoms with Gasteiger partial charge in [0.05, 0.1) is 16.3 Å². The molecule has 1 N–H and O–H groups in total. The predicted molar refractivity (Wildman–Crippen MR) is 124 cm³/mol. The minimum atomic E-state index is -3.77. The van der Waals surface area contributed by atoms with E-state index in [2.05, 4.69) is 9.71 Å². The van der Waals surface area contributed by atoms with Gasteiger partial charge in [0, 0.05) is 27.9 Å². The van der Waals surface area contributed by atoms with Crippen LogP contribution in [0.15, 0.2) is 87.5 Å². The van der Waals surface area contributed by atoms with Gasteiger partial charge in [-0.1, -0.05) is 29.8 Å². The van der Waals surface area contributed by atoms with Crippen LogP contribution >= 0.6 is 23.4 Å². The van der Waals surface area contributed by atoms with E-state index in [9.17, 15) is 13.2 Å². The molecule has 0 aliphatic heterocycles. The monoisotopic (exact) mass is 471 g/mol. The first-order chi connectivity index (χ1) is 14.8. The average Bonchev–Trinajstić information content (AvgIpc) is 2.74. The first-order valence-electron chi connectivity index (χ1n) is 9.31. The summed E-state index contributed by atoms with van der Waals surface area (Å²) in [5.74, 6) is 0.416. The highest BCUT2D eigenvalue weighted by atomic mass is 35.5. The topological polar surface area (TPSA) is 80.5 Å². The number of aromatic nitrogens is 2. The Balaban J connectivity index is 1.57. The Morgan fingerprint density at radius 1 is 1.06 bits per heavy atom. The number of benzene rings is 2. The minimum absolute atomic E-state index is 0.121. The summed E-state index contributed by atoms with van der Waals surface area (Å²) in [4.78, 5) is 17.8. The van der Waals surface area contributed by atoms with Crippen LogP contribution in [0.2, 0.25) is 5.02 Å². The lowest BCUT2D eigenvalue weighted by Gasteiger charge is -2.12. The molecule has 4 aromatic rings. The van der Waals surface area contributed by atoms with Crippen LogP contribution in [-0.4, -0.2) is 17.8 Å². The standard InChI is InChI=1S/C22H18ClN3O3S2/c1-15-6-11-21-24-17(12-22(27)26(21)13-15)14-30-20-5-3-2-4-19(20)25-31(28,29)18-9-7-16(23)8-10-18/h2-13,25H,14H2,1H3. The first-order valence-corrected chi connectivity index (χ1v) is 12.2. The van der Waals surface area contributed by atoms with Crippen molar-refractivity contribution in [2.24, 2.45) is 0 Å². The zero-order chi connectivity index (χ0) is 22.0. The fourth-order valence-corrected chi connectivity index (χ4v) is 5.15. The first kappa shape index (κ1) is 21.4. The van der Waals surface area contributed by atoms with Gasteiger partial charge in [0.15, 0.2) is 0 Å². The summed E-state index contributed by atoms with van der Waals surface area (Å²) < 4.78 is 29.6. The summed E-state index contributed by atoms with van der Waals surface area (Å²) in [6, 6.07) is 18.3. The number of rotatable bonds is 6. The van der Waals surface area contributed by atoms with E-state index in [0.29, 0.717) is 27.8 Å². The van der Waals surface area contributed by atoms with E-state index in [1.54, 1.807) is 24.4 Å². The Bertz CT molecular complexity index is 1420. The molecule has 0 fully saturated rings. The number of nitrogens with zero attached hydrogens (tertiary/aromatic N) is 2. The van der Waals surface area contributed by atoms with Crippen molar-refractivity contribution in [3.63, 3.8) is 0 Å². The number of fused-ring (bicyclic) bond motifs is 1. The van der Waals surface area contributed by atoms with Gasteiger partial charge >= 0.3 is 0 Å². The molecular formula is C22H18ClN3O3S2. The molecule has 0 atom stereocenters. The van der Waals surface area contributed by atoms with Gasteiger partial charge in [0.1, 0.15) is 5.65 Å². The number of halogens is 1. The molecule has 0 saturated carbocycles. The molecule has 0 saturated heterocycles. The van der Waals surface area contributed by atoms with Crippen molar-refractivity contribution in [1.29, 1.82) is 0 Å². The summed E-state index contributed by atoms with van der Waals surface area (Å²) in [5.41, 5.74) is 2.47. The van der Waals surface area contributed by atoms with E-state index in [1.807, 2.05) is 25.1 Å². The third-order valence-corrected chi connectivity index (χ3v) is 7.23. The second kappa shape index (κ2) is 8.74. The van der Waals surface area contributed by atoms with Gasteiger partial charge in [-0.3, -0.25) is 13.9 Å². The van der Waals surface area contributed by atoms with Crippen molar-refractivity contribution in [3.05, 3.63) is 99.6 Å². The largest absolute Gasteiger partial charge is 0.278 e. The van der Waals surface area contributed by atoms with Crippen LogP contribution < -0.4 is 10.3 Å². The second-order valence-electron chi connectivity index (χ2n) is 6.86. The lowest BCUT2D eigenvalue weighted by molar-refractivity contribution is 0.601. The number of thioether (sulfide) groups is 1. The number of aryl methyl sites for hydroxylation is 1. The fraction of sp³-hybridized carbons (Fsp3) is 0.0909. The quantitative estimate of drug-likeness (QED) is 0.410. The van der Waals surface area contributed by atoms with Gasteiger partial charge in [-0.05, 0) is 55.0 Å². The van der Waals surface area contributed by atoms with Crippen molar-refractivity contribution < 1.29 is 8.42 Å². The molecule has 4 rings (SSSR count). The molecule has 0 aliphatic carbocycles. The molecule has 0 amide bonds. The van der Waals surface area contributed by atoms with Crippen LogP contribution in [0, 0.1) is 6.92 Å². The molecule has 2 aromatic carbocycles. The van der Waals surface area contributed by atoms with E-state index < -0.39 is 10.0 Å². The Labute approximate surface area is 189 Å². The third-order valence-electron chi connectivity index (χ3n) is 4.49. The summed E-state index contributed by atoms with van der Waals surface area (Å²) in [6.45, 7) is 1.91. The number of hydrogen-bond donors (Lipinski definition) is 1. The Morgan fingerprint density at radius 3 is 2.58 bits per heavy atom. The summed E-state index contributed by atoms with van der Waals surface area (Å²) in [7, 11) is -3.77. The molecule has 0 aliphatic rings. The zero-order valence-electron chi connectivity index (χ0n) is 16.4. The van der Waals surface area contributed by atoms with Gasteiger partial charge < -0.3 is 0 Å². The van der Waals surface area contributed by atoms with Crippen molar-refractivity contribution >= 4 is 44.7 Å². The van der Waals surface area contributed by atoms with E-state index in [4.69, 9.17) is 11.6 Å². The lowest BCUT2D eigenvalue weighted by Crippen LogP contribution is -2.15. The van der Waals surface area contributed by atoms with E-state index >= 15 is 0 Å². The highest BCUT2D eigenvalue weighted by molar-refractivity contribution is 7.98. The highest BCUT2D eigenvalue weighted by Gasteiger charge is 2.16. The Hall–Kier alpha value is -2.81. The van der Waals surface area contributed by atoms with Gasteiger partial charge in [0.25, 0.3) is 15.6 Å². The molecule has 31 heavy (non-hydrogen) atoms. The molecule has 2 aromatic heterocycles. The van der Waals surface area contributed by atoms with Crippen LogP contribution in [0.3, 0.4) is 0 Å². The summed E-state index contributed by atoms with van der Waals surface area (Å²) in [6.07, 6.45) is 1.75. The molecule has 0 spiro atoms. The smallest absolute Gasteiger partial charge is 0.261 e. The molecule has 9 heteroatoms.